The molecule has 4 aromatic rings. The lowest BCUT2D eigenvalue weighted by Gasteiger charge is -2.19. The topological polar surface area (TPSA) is 57.8 Å². The minimum absolute atomic E-state index is 0.132. The quantitative estimate of drug-likeness (QED) is 0.325. The van der Waals surface area contributed by atoms with Crippen molar-refractivity contribution >= 4 is 16.8 Å². The highest BCUT2D eigenvalue weighted by atomic mass is 19.4. The standard InChI is InChI=1S/C27H26F3N3O/c1-17(2)15-33-26(34)14-22(18-6-9-20(10-7-18)27(28,29)30)23-16-32-25-13-19(8-11-21(23)25)24-5-3-4-12-31-24/h3-13,16-17,22,32H,14-15H2,1-2H3,(H,33,34)/t22-/m1/s1. The average molecular weight is 466 g/mol. The Morgan fingerprint density at radius 1 is 1.06 bits per heavy atom. The molecule has 2 heterocycles. The molecule has 0 aliphatic rings. The molecule has 0 fully saturated rings. The summed E-state index contributed by atoms with van der Waals surface area (Å²) >= 11 is 0. The number of nitrogens with one attached hydrogen (secondary N) is 2. The lowest BCUT2D eigenvalue weighted by molar-refractivity contribution is -0.137. The summed E-state index contributed by atoms with van der Waals surface area (Å²) < 4.78 is 39.3. The number of benzene rings is 2. The number of hydrogen-bond donors (Lipinski definition) is 2. The summed E-state index contributed by atoms with van der Waals surface area (Å²) in [6.07, 6.45) is -0.709. The number of H-pyrrole nitrogens is 1. The number of halogens is 3. The Hall–Kier alpha value is -3.61. The van der Waals surface area contributed by atoms with Gasteiger partial charge in [0.05, 0.1) is 11.3 Å². The van der Waals surface area contributed by atoms with Gasteiger partial charge in [0.25, 0.3) is 0 Å². The predicted octanol–water partition coefficient (Wildman–Crippen LogP) is 6.54. The average Bonchev–Trinajstić information content (AvgIpc) is 3.24. The largest absolute Gasteiger partial charge is 0.416 e. The van der Waals surface area contributed by atoms with Crippen LogP contribution >= 0.6 is 0 Å². The van der Waals surface area contributed by atoms with Gasteiger partial charge in [-0.3, -0.25) is 9.78 Å². The normalized spacial score (nSPS) is 12.8. The first-order valence-corrected chi connectivity index (χ1v) is 11.2. The van der Waals surface area contributed by atoms with E-state index in [4.69, 9.17) is 0 Å². The van der Waals surface area contributed by atoms with Crippen molar-refractivity contribution in [2.75, 3.05) is 6.54 Å². The van der Waals surface area contributed by atoms with E-state index in [0.29, 0.717) is 18.0 Å². The molecule has 1 atom stereocenters. The molecule has 176 valence electrons. The molecule has 7 heteroatoms. The zero-order valence-electron chi connectivity index (χ0n) is 19.0. The monoisotopic (exact) mass is 465 g/mol. The highest BCUT2D eigenvalue weighted by molar-refractivity contribution is 5.89. The van der Waals surface area contributed by atoms with Gasteiger partial charge in [0.2, 0.25) is 5.91 Å². The third-order valence-corrected chi connectivity index (χ3v) is 5.79. The number of fused-ring (bicyclic) bond motifs is 1. The second-order valence-corrected chi connectivity index (χ2v) is 8.79. The zero-order chi connectivity index (χ0) is 24.3. The van der Waals surface area contributed by atoms with Crippen molar-refractivity contribution in [2.45, 2.75) is 32.4 Å². The maximum Gasteiger partial charge on any atom is 0.416 e. The molecule has 2 aromatic heterocycles. The van der Waals surface area contributed by atoms with Crippen LogP contribution in [-0.2, 0) is 11.0 Å². The third-order valence-electron chi connectivity index (χ3n) is 5.79. The van der Waals surface area contributed by atoms with Gasteiger partial charge in [-0.2, -0.15) is 13.2 Å². The van der Waals surface area contributed by atoms with E-state index in [1.807, 2.05) is 56.4 Å². The summed E-state index contributed by atoms with van der Waals surface area (Å²) in [5.74, 6) is -0.242. The van der Waals surface area contributed by atoms with Crippen molar-refractivity contribution < 1.29 is 18.0 Å². The molecule has 0 bridgehead atoms. The van der Waals surface area contributed by atoms with Crippen LogP contribution in [0.2, 0.25) is 0 Å². The molecule has 0 aliphatic carbocycles. The summed E-state index contributed by atoms with van der Waals surface area (Å²) in [5, 5.41) is 3.84. The molecule has 0 unspecified atom stereocenters. The van der Waals surface area contributed by atoms with Crippen LogP contribution < -0.4 is 5.32 Å². The van der Waals surface area contributed by atoms with Crippen molar-refractivity contribution in [3.63, 3.8) is 0 Å². The van der Waals surface area contributed by atoms with Crippen LogP contribution in [0.3, 0.4) is 0 Å². The first kappa shape index (κ1) is 23.5. The van der Waals surface area contributed by atoms with Crippen LogP contribution in [0.1, 0.15) is 42.9 Å². The van der Waals surface area contributed by atoms with Gasteiger partial charge >= 0.3 is 6.18 Å². The van der Waals surface area contributed by atoms with E-state index in [9.17, 15) is 18.0 Å². The highest BCUT2D eigenvalue weighted by Crippen LogP contribution is 2.36. The van der Waals surface area contributed by atoms with Gasteiger partial charge in [-0.1, -0.05) is 44.2 Å². The predicted molar refractivity (Wildman–Crippen MR) is 127 cm³/mol. The Kier molecular flexibility index (Phi) is 6.72. The molecule has 2 N–H and O–H groups in total. The number of carbonyl (C=O) groups is 1. The zero-order valence-corrected chi connectivity index (χ0v) is 19.0. The van der Waals surface area contributed by atoms with Crippen molar-refractivity contribution in [1.29, 1.82) is 0 Å². The van der Waals surface area contributed by atoms with E-state index < -0.39 is 17.7 Å². The van der Waals surface area contributed by atoms with Gasteiger partial charge in [-0.15, -0.1) is 0 Å². The summed E-state index contributed by atoms with van der Waals surface area (Å²) in [5.41, 5.74) is 3.47. The summed E-state index contributed by atoms with van der Waals surface area (Å²) in [6.45, 7) is 4.55. The minimum atomic E-state index is -4.41. The molecule has 2 aromatic carbocycles. The number of alkyl halides is 3. The van der Waals surface area contributed by atoms with Gasteiger partial charge < -0.3 is 10.3 Å². The van der Waals surface area contributed by atoms with Crippen molar-refractivity contribution in [3.05, 3.63) is 89.7 Å². The van der Waals surface area contributed by atoms with Crippen molar-refractivity contribution in [1.82, 2.24) is 15.3 Å². The number of pyridine rings is 1. The Morgan fingerprint density at radius 2 is 1.82 bits per heavy atom. The lowest BCUT2D eigenvalue weighted by Crippen LogP contribution is -2.28. The molecule has 0 spiro atoms. The maximum atomic E-state index is 13.1. The summed E-state index contributed by atoms with van der Waals surface area (Å²) in [4.78, 5) is 20.4. The fourth-order valence-corrected chi connectivity index (χ4v) is 4.02. The molecule has 0 saturated carbocycles. The van der Waals surface area contributed by atoms with E-state index in [2.05, 4.69) is 15.3 Å². The summed E-state index contributed by atoms with van der Waals surface area (Å²) in [6, 6.07) is 16.7. The van der Waals surface area contributed by atoms with Crippen molar-refractivity contribution in [2.24, 2.45) is 5.92 Å². The van der Waals surface area contributed by atoms with Crippen LogP contribution in [0.25, 0.3) is 22.2 Å². The van der Waals surface area contributed by atoms with E-state index in [1.54, 1.807) is 6.20 Å². The van der Waals surface area contributed by atoms with Gasteiger partial charge in [0, 0.05) is 47.7 Å². The molecule has 4 rings (SSSR count). The van der Waals surface area contributed by atoms with Gasteiger partial charge in [-0.25, -0.2) is 0 Å². The number of rotatable bonds is 7. The SMILES string of the molecule is CC(C)CNC(=O)C[C@H](c1ccc(C(F)(F)F)cc1)c1c[nH]c2cc(-c3ccccn3)ccc12. The first-order chi connectivity index (χ1) is 16.2. The van der Waals surface area contributed by atoms with E-state index in [-0.39, 0.29) is 12.3 Å². The lowest BCUT2D eigenvalue weighted by atomic mass is 9.87. The number of carbonyl (C=O) groups excluding carboxylic acids is 1. The Balaban J connectivity index is 1.71. The minimum Gasteiger partial charge on any atom is -0.361 e. The second-order valence-electron chi connectivity index (χ2n) is 8.79. The fourth-order valence-electron chi connectivity index (χ4n) is 4.02. The van der Waals surface area contributed by atoms with Gasteiger partial charge in [0.15, 0.2) is 0 Å². The van der Waals surface area contributed by atoms with E-state index in [0.717, 1.165) is 39.9 Å². The molecule has 34 heavy (non-hydrogen) atoms. The smallest absolute Gasteiger partial charge is 0.361 e. The van der Waals surface area contributed by atoms with E-state index >= 15 is 0 Å². The van der Waals surface area contributed by atoms with Crippen molar-refractivity contribution in [3.8, 4) is 11.3 Å². The molecule has 4 nitrogen and oxygen atoms in total. The highest BCUT2D eigenvalue weighted by Gasteiger charge is 2.31. The molecule has 0 radical (unpaired) electrons. The molecular weight excluding hydrogens is 439 g/mol. The number of aromatic nitrogens is 2. The van der Waals surface area contributed by atoms with Crippen LogP contribution in [-0.4, -0.2) is 22.4 Å². The van der Waals surface area contributed by atoms with E-state index in [1.165, 1.54) is 12.1 Å². The van der Waals surface area contributed by atoms with Crippen LogP contribution in [0.15, 0.2) is 73.1 Å². The third kappa shape index (κ3) is 5.30. The molecule has 1 amide bonds. The Morgan fingerprint density at radius 3 is 2.47 bits per heavy atom. The van der Waals surface area contributed by atoms with Gasteiger partial charge in [0.1, 0.15) is 0 Å². The Bertz CT molecular complexity index is 1260. The number of nitrogens with zero attached hydrogens (tertiary/aromatic N) is 1. The maximum absolute atomic E-state index is 13.1. The number of hydrogen-bond acceptors (Lipinski definition) is 2. The molecule has 0 saturated heterocycles. The summed E-state index contributed by atoms with van der Waals surface area (Å²) in [7, 11) is 0. The number of amides is 1. The molecular formula is C27H26F3N3O. The van der Waals surface area contributed by atoms with Crippen LogP contribution in [0.4, 0.5) is 13.2 Å². The molecule has 0 aliphatic heterocycles. The Labute approximate surface area is 196 Å². The second kappa shape index (κ2) is 9.71. The first-order valence-electron chi connectivity index (χ1n) is 11.2. The van der Waals surface area contributed by atoms with Crippen LogP contribution in [0, 0.1) is 5.92 Å². The fraction of sp³-hybridized carbons (Fsp3) is 0.259. The van der Waals surface area contributed by atoms with Gasteiger partial charge in [-0.05, 0) is 47.4 Å². The number of aromatic amines is 1. The van der Waals surface area contributed by atoms with Crippen LogP contribution in [0.5, 0.6) is 0 Å².